The first-order valence-electron chi connectivity index (χ1n) is 29.2. The van der Waals surface area contributed by atoms with Crippen LogP contribution >= 0.6 is 0 Å². The van der Waals surface area contributed by atoms with E-state index in [0.29, 0.717) is 11.1 Å². The predicted molar refractivity (Wildman–Crippen MR) is 278 cm³/mol. The summed E-state index contributed by atoms with van der Waals surface area (Å²) in [7, 11) is 0. The smallest absolute Gasteiger partial charge is 0.164 e. The highest BCUT2D eigenvalue weighted by atomic mass is 15.0. The molecule has 0 atom stereocenters. The predicted octanol–water partition coefficient (Wildman–Crippen LogP) is 15.7. The Balaban J connectivity index is 1.11. The number of rotatable bonds is 5. The Bertz CT molecular complexity index is 4970. The first-order valence-corrected chi connectivity index (χ1v) is 22.2. The van der Waals surface area contributed by atoms with Gasteiger partial charge in [-0.25, -0.2) is 15.0 Å². The number of nitrogens with zero attached hydrogens (tertiary/aromatic N) is 4. The summed E-state index contributed by atoms with van der Waals surface area (Å²) in [5, 5.41) is -0.792. The number of benzene rings is 11. The summed E-state index contributed by atoms with van der Waals surface area (Å²) in [6, 6.07) is 39.4. The van der Waals surface area contributed by atoms with Crippen LogP contribution in [0.4, 0.5) is 0 Å². The van der Waals surface area contributed by atoms with E-state index >= 15 is 0 Å². The maximum absolute atomic E-state index is 10.3. The molecule has 0 bridgehead atoms. The molecule has 4 nitrogen and oxygen atoms in total. The maximum Gasteiger partial charge on any atom is 0.164 e. The van der Waals surface area contributed by atoms with Gasteiger partial charge in [0.25, 0.3) is 0 Å². The van der Waals surface area contributed by atoms with Gasteiger partial charge in [0.05, 0.1) is 35.6 Å². The summed E-state index contributed by atoms with van der Waals surface area (Å²) in [6.45, 7) is 0. The second-order valence-electron chi connectivity index (χ2n) is 17.1. The average Bonchev–Trinajstić information content (AvgIpc) is 1.77. The van der Waals surface area contributed by atoms with Gasteiger partial charge in [-0.05, 0) is 102 Å². The average molecular weight is 877 g/mol. The van der Waals surface area contributed by atoms with Crippen molar-refractivity contribution in [2.45, 2.75) is 5.41 Å². The molecule has 1 spiro atoms. The van der Waals surface area contributed by atoms with E-state index < -0.39 is 95.7 Å². The van der Waals surface area contributed by atoms with Crippen molar-refractivity contribution in [1.29, 1.82) is 0 Å². The normalized spacial score (nSPS) is 16.0. The number of hydrogen-bond donors (Lipinski definition) is 0. The lowest BCUT2D eigenvalue weighted by atomic mass is 9.70. The standard InChI is InChI=1S/C64H38N4/c1-3-17-39(18-4-1)40-33-35-41(36-34-40)61-65-62(49-27-15-31-54-57(49)48-25-11-14-30-53(48)64(54)51-28-12-9-22-44(51)45-23-10-13-29-52(45)64)67-63(66-61)50-37-38-56-60-58(50)46-24-8-7-21-43(46)47-26-16-32-55(59(47)60)68(56)42-19-5-2-6-20-42/h1-38H/i2D,5D,6D,7D,8D,16D,19D,20D,21D,24D,26D,32D,37D,38D. The van der Waals surface area contributed by atoms with E-state index in [1.165, 1.54) is 0 Å². The summed E-state index contributed by atoms with van der Waals surface area (Å²) >= 11 is 0. The molecule has 68 heavy (non-hydrogen) atoms. The molecule has 0 fully saturated rings. The maximum atomic E-state index is 10.3. The molecule has 2 aromatic heterocycles. The Morgan fingerprint density at radius 3 is 1.62 bits per heavy atom. The van der Waals surface area contributed by atoms with Crippen LogP contribution in [0.3, 0.4) is 0 Å². The molecule has 0 aliphatic heterocycles. The Kier molecular flexibility index (Phi) is 5.40. The number of fused-ring (bicyclic) bond motifs is 13. The van der Waals surface area contributed by atoms with Crippen molar-refractivity contribution < 1.29 is 19.2 Å². The van der Waals surface area contributed by atoms with Crippen molar-refractivity contribution in [3.8, 4) is 73.2 Å². The van der Waals surface area contributed by atoms with E-state index in [9.17, 15) is 12.3 Å². The summed E-state index contributed by atoms with van der Waals surface area (Å²) in [5.41, 5.74) is 9.32. The van der Waals surface area contributed by atoms with Gasteiger partial charge >= 0.3 is 0 Å². The Hall–Kier alpha value is -8.99. The van der Waals surface area contributed by atoms with Crippen LogP contribution in [0.1, 0.15) is 41.4 Å². The SMILES string of the molecule is [2H]c1c([2H])c([2H])c(-n2c3c([2H])c([2H])c([2H])c4c5c([2H])c([2H])c([2H])c([2H])c5c5c(-c6nc(-c7ccc(-c8ccccc8)cc7)nc(-c7cccc8c7-c7ccccc7C87c8ccccc8-c8ccccc87)n6)c([2H])c([2H])c2c5c43)c([2H])c1[2H]. The molecule has 0 N–H and O–H groups in total. The van der Waals surface area contributed by atoms with Gasteiger partial charge in [0, 0.05) is 38.5 Å². The third-order valence-electron chi connectivity index (χ3n) is 13.9. The van der Waals surface area contributed by atoms with Crippen molar-refractivity contribution in [2.75, 3.05) is 0 Å². The molecule has 0 unspecified atom stereocenters. The second-order valence-corrected chi connectivity index (χ2v) is 17.1. The molecule has 2 aliphatic rings. The summed E-state index contributed by atoms with van der Waals surface area (Å²) < 4.78 is 131. The minimum absolute atomic E-state index is 0.0295. The molecule has 2 aliphatic carbocycles. The fourth-order valence-electron chi connectivity index (χ4n) is 11.2. The van der Waals surface area contributed by atoms with Gasteiger partial charge in [-0.2, -0.15) is 0 Å². The third-order valence-corrected chi connectivity index (χ3v) is 13.9. The quantitative estimate of drug-likeness (QED) is 0.162. The first kappa shape index (κ1) is 26.2. The van der Waals surface area contributed by atoms with E-state index in [0.717, 1.165) is 60.2 Å². The van der Waals surface area contributed by atoms with Crippen LogP contribution in [-0.4, -0.2) is 19.5 Å². The Morgan fingerprint density at radius 1 is 0.338 bits per heavy atom. The highest BCUT2D eigenvalue weighted by molar-refractivity contribution is 6.36. The summed E-state index contributed by atoms with van der Waals surface area (Å²) in [6.07, 6.45) is 0. The van der Waals surface area contributed by atoms with E-state index in [1.807, 2.05) is 91.0 Å². The van der Waals surface area contributed by atoms with Crippen molar-refractivity contribution >= 4 is 43.4 Å². The lowest BCUT2D eigenvalue weighted by Crippen LogP contribution is -2.25. The molecular formula is C64H38N4. The molecule has 0 saturated heterocycles. The van der Waals surface area contributed by atoms with Gasteiger partial charge in [-0.15, -0.1) is 0 Å². The molecular weight excluding hydrogens is 825 g/mol. The van der Waals surface area contributed by atoms with Crippen LogP contribution in [0.2, 0.25) is 0 Å². The van der Waals surface area contributed by atoms with Crippen LogP contribution in [0.25, 0.3) is 117 Å². The lowest BCUT2D eigenvalue weighted by molar-refractivity contribution is 0.794. The third kappa shape index (κ3) is 4.95. The summed E-state index contributed by atoms with van der Waals surface area (Å²) in [5.74, 6) is 0.155. The molecule has 0 amide bonds. The molecule has 0 saturated carbocycles. The van der Waals surface area contributed by atoms with Crippen LogP contribution in [0.5, 0.6) is 0 Å². The van der Waals surface area contributed by atoms with Gasteiger partial charge in [0.15, 0.2) is 17.5 Å². The number of hydrogen-bond acceptors (Lipinski definition) is 3. The minimum atomic E-state index is -0.754. The molecule has 314 valence electrons. The van der Waals surface area contributed by atoms with E-state index in [-0.39, 0.29) is 66.4 Å². The molecule has 15 rings (SSSR count). The van der Waals surface area contributed by atoms with Crippen molar-refractivity contribution in [3.05, 3.63) is 252 Å². The largest absolute Gasteiger partial charge is 0.309 e. The topological polar surface area (TPSA) is 43.6 Å². The van der Waals surface area contributed by atoms with Crippen LogP contribution in [-0.2, 0) is 5.41 Å². The van der Waals surface area contributed by atoms with E-state index in [1.54, 1.807) is 0 Å². The van der Waals surface area contributed by atoms with Crippen molar-refractivity contribution in [1.82, 2.24) is 19.5 Å². The van der Waals surface area contributed by atoms with Crippen molar-refractivity contribution in [2.24, 2.45) is 0 Å². The number of aromatic nitrogens is 4. The minimum Gasteiger partial charge on any atom is -0.309 e. The zero-order valence-corrected chi connectivity index (χ0v) is 35.6. The van der Waals surface area contributed by atoms with E-state index in [4.69, 9.17) is 21.8 Å². The first-order chi connectivity index (χ1) is 39.6. The fraction of sp³-hybridized carbons (Fsp3) is 0.0156. The lowest BCUT2D eigenvalue weighted by Gasteiger charge is -2.30. The highest BCUT2D eigenvalue weighted by Crippen LogP contribution is 2.64. The van der Waals surface area contributed by atoms with Gasteiger partial charge in [-0.1, -0.05) is 200 Å². The van der Waals surface area contributed by atoms with E-state index in [2.05, 4.69) is 54.6 Å². The van der Waals surface area contributed by atoms with Gasteiger partial charge in [-0.3, -0.25) is 0 Å². The van der Waals surface area contributed by atoms with Crippen molar-refractivity contribution in [3.63, 3.8) is 0 Å². The van der Waals surface area contributed by atoms with Crippen LogP contribution in [0, 0.1) is 0 Å². The molecule has 13 aromatic rings. The van der Waals surface area contributed by atoms with Crippen LogP contribution in [0.15, 0.2) is 230 Å². The second kappa shape index (κ2) is 14.0. The summed E-state index contributed by atoms with van der Waals surface area (Å²) in [4.78, 5) is 15.8. The fourth-order valence-corrected chi connectivity index (χ4v) is 11.2. The van der Waals surface area contributed by atoms with Gasteiger partial charge < -0.3 is 4.57 Å². The molecule has 0 radical (unpaired) electrons. The Morgan fingerprint density at radius 2 is 0.868 bits per heavy atom. The zero-order valence-electron chi connectivity index (χ0n) is 49.6. The molecule has 2 heterocycles. The number of para-hydroxylation sites is 1. The highest BCUT2D eigenvalue weighted by Gasteiger charge is 2.52. The zero-order chi connectivity index (χ0) is 56.7. The molecule has 4 heteroatoms. The Labute approximate surface area is 412 Å². The molecule has 11 aromatic carbocycles. The van der Waals surface area contributed by atoms with Crippen LogP contribution < -0.4 is 0 Å². The van der Waals surface area contributed by atoms with Gasteiger partial charge in [0.1, 0.15) is 0 Å². The van der Waals surface area contributed by atoms with Gasteiger partial charge in [0.2, 0.25) is 0 Å². The monoisotopic (exact) mass is 876 g/mol.